The molecule has 1 aromatic heterocycles. The van der Waals surface area contributed by atoms with Crippen molar-refractivity contribution >= 4 is 12.0 Å². The highest BCUT2D eigenvalue weighted by molar-refractivity contribution is 5.91. The molecule has 1 N–H and O–H groups in total. The van der Waals surface area contributed by atoms with E-state index in [0.717, 1.165) is 56.2 Å². The lowest BCUT2D eigenvalue weighted by atomic mass is 9.79. The Morgan fingerprint density at radius 1 is 1.09 bits per heavy atom. The second-order valence-corrected chi connectivity index (χ2v) is 8.61. The molecular weight excluding hydrogens is 402 g/mol. The Hall–Kier alpha value is -2.70. The normalized spacial score (nSPS) is 19.0. The van der Waals surface area contributed by atoms with Crippen LogP contribution in [0.2, 0.25) is 0 Å². The molecule has 1 aliphatic carbocycles. The number of amides is 1. The molecule has 4 rings (SSSR count). The summed E-state index contributed by atoms with van der Waals surface area (Å²) >= 11 is 0. The van der Waals surface area contributed by atoms with Gasteiger partial charge in [0.25, 0.3) is 0 Å². The average Bonchev–Trinajstić information content (AvgIpc) is 2.87. The van der Waals surface area contributed by atoms with E-state index < -0.39 is 0 Å². The van der Waals surface area contributed by atoms with Gasteiger partial charge in [0.15, 0.2) is 0 Å². The third-order valence-corrected chi connectivity index (χ3v) is 6.48. The van der Waals surface area contributed by atoms with Crippen LogP contribution < -0.4 is 10.1 Å². The van der Waals surface area contributed by atoms with Crippen molar-refractivity contribution in [2.45, 2.75) is 44.2 Å². The molecule has 0 atom stereocenters. The smallest absolute Gasteiger partial charge is 0.244 e. The molecule has 6 nitrogen and oxygen atoms in total. The van der Waals surface area contributed by atoms with Crippen molar-refractivity contribution in [1.82, 2.24) is 15.2 Å². The van der Waals surface area contributed by atoms with Gasteiger partial charge in [0.2, 0.25) is 5.91 Å². The Morgan fingerprint density at radius 2 is 1.88 bits per heavy atom. The van der Waals surface area contributed by atoms with E-state index in [1.54, 1.807) is 12.3 Å². The zero-order valence-corrected chi connectivity index (χ0v) is 18.7. The maximum absolute atomic E-state index is 12.5. The number of nitrogens with one attached hydrogen (secondary N) is 1. The third-order valence-electron chi connectivity index (χ3n) is 6.48. The molecule has 2 aromatic rings. The van der Waals surface area contributed by atoms with Crippen molar-refractivity contribution in [2.24, 2.45) is 0 Å². The van der Waals surface area contributed by atoms with Crippen LogP contribution in [0.5, 0.6) is 5.75 Å². The number of benzene rings is 1. The Morgan fingerprint density at radius 3 is 2.59 bits per heavy atom. The minimum atomic E-state index is -0.0429. The first kappa shape index (κ1) is 22.5. The van der Waals surface area contributed by atoms with E-state index >= 15 is 0 Å². The van der Waals surface area contributed by atoms with Crippen molar-refractivity contribution in [1.29, 1.82) is 0 Å². The van der Waals surface area contributed by atoms with Gasteiger partial charge in [-0.2, -0.15) is 0 Å². The van der Waals surface area contributed by atoms with Crippen LogP contribution in [0.15, 0.2) is 54.7 Å². The van der Waals surface area contributed by atoms with Gasteiger partial charge in [-0.15, -0.1) is 0 Å². The van der Waals surface area contributed by atoms with Gasteiger partial charge in [0.1, 0.15) is 12.4 Å². The second-order valence-electron chi connectivity index (χ2n) is 8.61. The highest BCUT2D eigenvalue weighted by Crippen LogP contribution is 2.33. The van der Waals surface area contributed by atoms with Crippen LogP contribution in [-0.4, -0.2) is 54.2 Å². The van der Waals surface area contributed by atoms with Crippen LogP contribution in [0, 0.1) is 0 Å². The molecule has 0 bridgehead atoms. The fourth-order valence-electron chi connectivity index (χ4n) is 4.65. The fourth-order valence-corrected chi connectivity index (χ4v) is 4.65. The molecule has 0 spiro atoms. The number of rotatable bonds is 8. The van der Waals surface area contributed by atoms with Crippen molar-refractivity contribution in [3.05, 3.63) is 66.0 Å². The van der Waals surface area contributed by atoms with Crippen LogP contribution in [0.4, 0.5) is 0 Å². The Kier molecular flexibility index (Phi) is 7.91. The Balaban J connectivity index is 1.27. The molecule has 170 valence electrons. The van der Waals surface area contributed by atoms with E-state index in [4.69, 9.17) is 9.47 Å². The molecule has 1 saturated carbocycles. The number of aromatic nitrogens is 1. The molecule has 1 aromatic carbocycles. The Labute approximate surface area is 190 Å². The van der Waals surface area contributed by atoms with Crippen LogP contribution in [0.1, 0.15) is 43.4 Å². The molecule has 1 saturated heterocycles. The third kappa shape index (κ3) is 6.17. The number of hydrogen-bond donors (Lipinski definition) is 1. The van der Waals surface area contributed by atoms with Gasteiger partial charge >= 0.3 is 0 Å². The van der Waals surface area contributed by atoms with Crippen molar-refractivity contribution < 1.29 is 14.3 Å². The minimum absolute atomic E-state index is 0.0429. The summed E-state index contributed by atoms with van der Waals surface area (Å²) in [7, 11) is 0. The van der Waals surface area contributed by atoms with E-state index in [0.29, 0.717) is 13.2 Å². The van der Waals surface area contributed by atoms with E-state index in [1.807, 2.05) is 48.5 Å². The van der Waals surface area contributed by atoms with Gasteiger partial charge in [-0.3, -0.25) is 14.7 Å². The number of morpholine rings is 1. The van der Waals surface area contributed by atoms with Crippen LogP contribution in [0.25, 0.3) is 6.08 Å². The second kappa shape index (κ2) is 11.2. The summed E-state index contributed by atoms with van der Waals surface area (Å²) in [6.45, 7) is 4.63. The van der Waals surface area contributed by atoms with Crippen molar-refractivity contribution in [3.63, 3.8) is 0 Å². The lowest BCUT2D eigenvalue weighted by molar-refractivity contribution is -0.117. The summed E-state index contributed by atoms with van der Waals surface area (Å²) in [5.74, 6) is 0.737. The summed E-state index contributed by atoms with van der Waals surface area (Å²) in [6, 6.07) is 13.5. The summed E-state index contributed by atoms with van der Waals surface area (Å²) in [6.07, 6.45) is 11.3. The molecule has 1 amide bonds. The van der Waals surface area contributed by atoms with Crippen LogP contribution in [-0.2, 0) is 16.1 Å². The quantitative estimate of drug-likeness (QED) is 0.639. The van der Waals surface area contributed by atoms with Crippen LogP contribution in [0.3, 0.4) is 0 Å². The predicted octanol–water partition coefficient (Wildman–Crippen LogP) is 3.83. The zero-order valence-electron chi connectivity index (χ0n) is 18.7. The minimum Gasteiger partial charge on any atom is -0.487 e. The molecule has 2 heterocycles. The SMILES string of the molecule is O=C(/C=C/c1ccc(OCc2ccccn2)cc1)NCC1(N2CCOCC2)CCCCC1. The van der Waals surface area contributed by atoms with Gasteiger partial charge in [-0.1, -0.05) is 37.5 Å². The lowest BCUT2D eigenvalue weighted by Gasteiger charge is -2.48. The summed E-state index contributed by atoms with van der Waals surface area (Å²) in [4.78, 5) is 19.3. The summed E-state index contributed by atoms with van der Waals surface area (Å²) < 4.78 is 11.3. The van der Waals surface area contributed by atoms with Gasteiger partial charge in [0, 0.05) is 37.4 Å². The van der Waals surface area contributed by atoms with E-state index in [1.165, 1.54) is 19.3 Å². The van der Waals surface area contributed by atoms with Crippen LogP contribution >= 0.6 is 0 Å². The number of ether oxygens (including phenoxy) is 2. The largest absolute Gasteiger partial charge is 0.487 e. The summed E-state index contributed by atoms with van der Waals surface area (Å²) in [5.41, 5.74) is 1.94. The molecular formula is C26H33N3O3. The number of carbonyl (C=O) groups is 1. The van der Waals surface area contributed by atoms with E-state index in [2.05, 4.69) is 15.2 Å². The Bertz CT molecular complexity index is 871. The lowest BCUT2D eigenvalue weighted by Crippen LogP contribution is -2.59. The highest BCUT2D eigenvalue weighted by Gasteiger charge is 2.38. The van der Waals surface area contributed by atoms with Gasteiger partial charge in [-0.05, 0) is 48.7 Å². The van der Waals surface area contributed by atoms with E-state index in [9.17, 15) is 4.79 Å². The number of hydrogen-bond acceptors (Lipinski definition) is 5. The first-order valence-electron chi connectivity index (χ1n) is 11.7. The van der Waals surface area contributed by atoms with Gasteiger partial charge in [0.05, 0.1) is 18.9 Å². The molecule has 6 heteroatoms. The average molecular weight is 436 g/mol. The monoisotopic (exact) mass is 435 g/mol. The first-order chi connectivity index (χ1) is 15.7. The molecule has 2 aliphatic rings. The predicted molar refractivity (Wildman–Crippen MR) is 125 cm³/mol. The van der Waals surface area contributed by atoms with Crippen molar-refractivity contribution in [3.8, 4) is 5.75 Å². The number of carbonyl (C=O) groups excluding carboxylic acids is 1. The molecule has 1 aliphatic heterocycles. The maximum atomic E-state index is 12.5. The molecule has 32 heavy (non-hydrogen) atoms. The molecule has 2 fully saturated rings. The van der Waals surface area contributed by atoms with E-state index in [-0.39, 0.29) is 11.4 Å². The standard InChI is InChI=1S/C26H33N3O3/c30-25(28-21-26(13-3-1-4-14-26)29-16-18-31-19-17-29)12-9-22-7-10-24(11-8-22)32-20-23-6-2-5-15-27-23/h2,5-12,15H,1,3-4,13-14,16-21H2,(H,28,30)/b12-9+. The zero-order chi connectivity index (χ0) is 22.1. The topological polar surface area (TPSA) is 63.7 Å². The first-order valence-corrected chi connectivity index (χ1v) is 11.7. The van der Waals surface area contributed by atoms with Crippen molar-refractivity contribution in [2.75, 3.05) is 32.8 Å². The van der Waals surface area contributed by atoms with Gasteiger partial charge < -0.3 is 14.8 Å². The van der Waals surface area contributed by atoms with Gasteiger partial charge in [-0.25, -0.2) is 0 Å². The maximum Gasteiger partial charge on any atom is 0.244 e. The highest BCUT2D eigenvalue weighted by atomic mass is 16.5. The summed E-state index contributed by atoms with van der Waals surface area (Å²) in [5, 5.41) is 3.17. The number of nitrogens with zero attached hydrogens (tertiary/aromatic N) is 2. The molecule has 0 radical (unpaired) electrons. The number of pyridine rings is 1. The molecule has 0 unspecified atom stereocenters. The fraction of sp³-hybridized carbons (Fsp3) is 0.462.